The number of benzene rings is 1. The molecule has 1 unspecified atom stereocenters. The molecule has 1 aliphatic rings. The first-order valence-electron chi connectivity index (χ1n) is 5.70. The minimum Gasteiger partial charge on any atom is -0.496 e. The van der Waals surface area contributed by atoms with Gasteiger partial charge in [-0.1, -0.05) is 6.07 Å². The first-order chi connectivity index (χ1) is 7.74. The largest absolute Gasteiger partial charge is 0.496 e. The molecule has 1 fully saturated rings. The fourth-order valence-electron chi connectivity index (χ4n) is 2.15. The van der Waals surface area contributed by atoms with Gasteiger partial charge in [-0.15, -0.1) is 0 Å². The van der Waals surface area contributed by atoms with Crippen molar-refractivity contribution in [3.05, 3.63) is 28.8 Å². The Morgan fingerprint density at radius 2 is 2.12 bits per heavy atom. The van der Waals surface area contributed by atoms with Crippen LogP contribution >= 0.6 is 11.8 Å². The van der Waals surface area contributed by atoms with Crippen molar-refractivity contribution in [1.82, 2.24) is 5.32 Å². The molecule has 0 spiro atoms. The van der Waals surface area contributed by atoms with E-state index in [1.807, 2.05) is 11.8 Å². The zero-order chi connectivity index (χ0) is 11.5. The Morgan fingerprint density at radius 3 is 2.75 bits per heavy atom. The van der Waals surface area contributed by atoms with Gasteiger partial charge in [0.25, 0.3) is 0 Å². The number of thioether (sulfide) groups is 1. The number of rotatable bonds is 2. The van der Waals surface area contributed by atoms with Crippen molar-refractivity contribution in [3.8, 4) is 5.75 Å². The van der Waals surface area contributed by atoms with Crippen LogP contribution in [-0.2, 0) is 0 Å². The summed E-state index contributed by atoms with van der Waals surface area (Å²) in [4.78, 5) is 0. The molecular weight excluding hydrogens is 218 g/mol. The second kappa shape index (κ2) is 5.11. The number of ether oxygens (including phenoxy) is 1. The lowest BCUT2D eigenvalue weighted by atomic mass is 9.99. The molecule has 0 saturated carbocycles. The number of methoxy groups -OCH3 is 1. The van der Waals surface area contributed by atoms with Crippen molar-refractivity contribution in [2.24, 2.45) is 0 Å². The minimum atomic E-state index is 0.596. The van der Waals surface area contributed by atoms with Crippen molar-refractivity contribution >= 4 is 11.8 Å². The maximum absolute atomic E-state index is 5.35. The van der Waals surface area contributed by atoms with E-state index in [1.165, 1.54) is 22.4 Å². The quantitative estimate of drug-likeness (QED) is 0.854. The van der Waals surface area contributed by atoms with Crippen molar-refractivity contribution in [2.45, 2.75) is 19.1 Å². The first-order valence-corrected chi connectivity index (χ1v) is 6.75. The molecule has 1 heterocycles. The summed E-state index contributed by atoms with van der Waals surface area (Å²) in [5.41, 5.74) is 4.10. The fraction of sp³-hybridized carbons (Fsp3) is 0.538. The maximum Gasteiger partial charge on any atom is 0.122 e. The number of hydrogen-bond donors (Lipinski definition) is 1. The molecule has 2 nitrogen and oxygen atoms in total. The molecule has 3 heteroatoms. The number of nitrogens with one attached hydrogen (secondary N) is 1. The Hall–Kier alpha value is -0.670. The molecule has 1 aromatic carbocycles. The van der Waals surface area contributed by atoms with E-state index >= 15 is 0 Å². The Bertz CT molecular complexity index is 372. The van der Waals surface area contributed by atoms with Crippen LogP contribution in [0.2, 0.25) is 0 Å². The van der Waals surface area contributed by atoms with E-state index in [1.54, 1.807) is 7.11 Å². The van der Waals surface area contributed by atoms with E-state index in [4.69, 9.17) is 4.74 Å². The molecule has 0 amide bonds. The monoisotopic (exact) mass is 237 g/mol. The van der Waals surface area contributed by atoms with Gasteiger partial charge in [0.05, 0.1) is 7.11 Å². The van der Waals surface area contributed by atoms with Crippen LogP contribution in [0.3, 0.4) is 0 Å². The van der Waals surface area contributed by atoms with Gasteiger partial charge >= 0.3 is 0 Å². The Morgan fingerprint density at radius 1 is 1.31 bits per heavy atom. The predicted octanol–water partition coefficient (Wildman–Crippen LogP) is 2.69. The van der Waals surface area contributed by atoms with Crippen LogP contribution in [0.15, 0.2) is 12.1 Å². The molecule has 0 aromatic heterocycles. The van der Waals surface area contributed by atoms with Gasteiger partial charge in [0.1, 0.15) is 5.75 Å². The molecule has 0 radical (unpaired) electrons. The zero-order valence-corrected chi connectivity index (χ0v) is 11.0. The topological polar surface area (TPSA) is 21.3 Å². The van der Waals surface area contributed by atoms with Crippen molar-refractivity contribution < 1.29 is 4.74 Å². The lowest BCUT2D eigenvalue weighted by molar-refractivity contribution is 0.411. The summed E-state index contributed by atoms with van der Waals surface area (Å²) in [6.07, 6.45) is 0. The van der Waals surface area contributed by atoms with Gasteiger partial charge in [-0.3, -0.25) is 0 Å². The molecule has 88 valence electrons. The molecule has 1 aromatic rings. The summed E-state index contributed by atoms with van der Waals surface area (Å²) in [5, 5.41) is 4.05. The average Bonchev–Trinajstić information content (AvgIpc) is 2.34. The van der Waals surface area contributed by atoms with E-state index in [9.17, 15) is 0 Å². The van der Waals surface area contributed by atoms with Crippen LogP contribution in [0.4, 0.5) is 0 Å². The molecular formula is C13H19NOS. The molecule has 0 aliphatic carbocycles. The molecule has 2 rings (SSSR count). The number of hydrogen-bond acceptors (Lipinski definition) is 3. The van der Waals surface area contributed by atoms with Gasteiger partial charge in [-0.25, -0.2) is 0 Å². The van der Waals surface area contributed by atoms with Gasteiger partial charge < -0.3 is 10.1 Å². The Labute approximate surface area is 102 Å². The van der Waals surface area contributed by atoms with E-state index < -0.39 is 0 Å². The maximum atomic E-state index is 5.35. The molecule has 1 atom stereocenters. The standard InChI is InChI=1S/C13H19NOS/c1-9-10(2)12(15-3)5-4-11(9)13-8-14-6-7-16-13/h4-5,13-14H,6-8H2,1-3H3. The van der Waals surface area contributed by atoms with Gasteiger partial charge in [0, 0.05) is 24.1 Å². The van der Waals surface area contributed by atoms with Crippen LogP contribution in [0, 0.1) is 13.8 Å². The normalized spacial score (nSPS) is 20.8. The van der Waals surface area contributed by atoms with E-state index in [0.29, 0.717) is 5.25 Å². The third-order valence-electron chi connectivity index (χ3n) is 3.27. The van der Waals surface area contributed by atoms with E-state index in [-0.39, 0.29) is 0 Å². The fourth-order valence-corrected chi connectivity index (χ4v) is 3.37. The summed E-state index contributed by atoms with van der Waals surface area (Å²) >= 11 is 2.05. The smallest absolute Gasteiger partial charge is 0.122 e. The van der Waals surface area contributed by atoms with Gasteiger partial charge in [-0.2, -0.15) is 11.8 Å². The molecule has 1 saturated heterocycles. The Balaban J connectivity index is 2.30. The second-order valence-electron chi connectivity index (χ2n) is 4.17. The summed E-state index contributed by atoms with van der Waals surface area (Å²) in [5.74, 6) is 2.20. The van der Waals surface area contributed by atoms with Crippen LogP contribution in [0.1, 0.15) is 21.9 Å². The molecule has 0 bridgehead atoms. The van der Waals surface area contributed by atoms with E-state index in [2.05, 4.69) is 31.3 Å². The highest BCUT2D eigenvalue weighted by atomic mass is 32.2. The van der Waals surface area contributed by atoms with Crippen LogP contribution in [0.25, 0.3) is 0 Å². The Kier molecular flexibility index (Phi) is 3.77. The first kappa shape index (κ1) is 11.8. The van der Waals surface area contributed by atoms with Crippen molar-refractivity contribution in [2.75, 3.05) is 26.0 Å². The lowest BCUT2D eigenvalue weighted by Crippen LogP contribution is -2.28. The van der Waals surface area contributed by atoms with Crippen LogP contribution in [-0.4, -0.2) is 26.0 Å². The average molecular weight is 237 g/mol. The third-order valence-corrected chi connectivity index (χ3v) is 4.54. The molecule has 16 heavy (non-hydrogen) atoms. The van der Waals surface area contributed by atoms with E-state index in [0.717, 1.165) is 18.8 Å². The highest BCUT2D eigenvalue weighted by molar-refractivity contribution is 7.99. The summed E-state index contributed by atoms with van der Waals surface area (Å²) in [6, 6.07) is 4.30. The van der Waals surface area contributed by atoms with Crippen LogP contribution in [0.5, 0.6) is 5.75 Å². The van der Waals surface area contributed by atoms with Gasteiger partial charge in [0.2, 0.25) is 0 Å². The third kappa shape index (κ3) is 2.20. The summed E-state index contributed by atoms with van der Waals surface area (Å²) in [7, 11) is 1.73. The summed E-state index contributed by atoms with van der Waals surface area (Å²) < 4.78 is 5.35. The molecule has 1 N–H and O–H groups in total. The van der Waals surface area contributed by atoms with Crippen molar-refractivity contribution in [3.63, 3.8) is 0 Å². The van der Waals surface area contributed by atoms with Gasteiger partial charge in [0.15, 0.2) is 0 Å². The highest BCUT2D eigenvalue weighted by Gasteiger charge is 2.19. The summed E-state index contributed by atoms with van der Waals surface area (Å²) in [6.45, 7) is 6.55. The predicted molar refractivity (Wildman–Crippen MR) is 70.5 cm³/mol. The van der Waals surface area contributed by atoms with Gasteiger partial charge in [-0.05, 0) is 36.6 Å². The van der Waals surface area contributed by atoms with Crippen LogP contribution < -0.4 is 10.1 Å². The minimum absolute atomic E-state index is 0.596. The highest BCUT2D eigenvalue weighted by Crippen LogP contribution is 2.35. The van der Waals surface area contributed by atoms with Crippen molar-refractivity contribution in [1.29, 1.82) is 0 Å². The second-order valence-corrected chi connectivity index (χ2v) is 5.48. The molecule has 1 aliphatic heterocycles. The lowest BCUT2D eigenvalue weighted by Gasteiger charge is -2.25. The zero-order valence-electron chi connectivity index (χ0n) is 10.2. The SMILES string of the molecule is COc1ccc(C2CNCCS2)c(C)c1C.